The summed E-state index contributed by atoms with van der Waals surface area (Å²) in [4.78, 5) is 24.7. The third-order valence-corrected chi connectivity index (χ3v) is 3.75. The van der Waals surface area contributed by atoms with E-state index in [1.54, 1.807) is 18.1 Å². The van der Waals surface area contributed by atoms with Crippen LogP contribution in [0.25, 0.3) is 6.08 Å². The molecule has 5 nitrogen and oxygen atoms in total. The molecule has 2 atom stereocenters. The molecule has 1 aliphatic heterocycles. The van der Waals surface area contributed by atoms with E-state index in [1.165, 1.54) is 6.08 Å². The summed E-state index contributed by atoms with van der Waals surface area (Å²) in [6.07, 6.45) is 3.19. The molecule has 1 amide bonds. The number of hydrogen-bond acceptors (Lipinski definition) is 3. The van der Waals surface area contributed by atoms with E-state index in [4.69, 9.17) is 9.84 Å². The van der Waals surface area contributed by atoms with Gasteiger partial charge >= 0.3 is 5.97 Å². The van der Waals surface area contributed by atoms with Crippen molar-refractivity contribution in [1.82, 2.24) is 4.90 Å². The highest BCUT2D eigenvalue weighted by Crippen LogP contribution is 2.23. The van der Waals surface area contributed by atoms with Crippen LogP contribution >= 0.6 is 0 Å². The number of aliphatic carboxylic acids is 1. The monoisotopic (exact) mass is 289 g/mol. The van der Waals surface area contributed by atoms with Crippen LogP contribution in [0.2, 0.25) is 0 Å². The molecule has 0 aromatic heterocycles. The Labute approximate surface area is 123 Å². The lowest BCUT2D eigenvalue weighted by Gasteiger charge is -2.12. The summed E-state index contributed by atoms with van der Waals surface area (Å²) in [6, 6.07) is 7.38. The molecule has 0 bridgehead atoms. The van der Waals surface area contributed by atoms with Crippen molar-refractivity contribution in [2.75, 3.05) is 20.2 Å². The molecular formula is C16H19NO4. The second kappa shape index (κ2) is 6.43. The van der Waals surface area contributed by atoms with Gasteiger partial charge in [-0.15, -0.1) is 0 Å². The summed E-state index contributed by atoms with van der Waals surface area (Å²) in [6.45, 7) is 2.62. The van der Waals surface area contributed by atoms with Crippen LogP contribution in [-0.4, -0.2) is 42.1 Å². The fourth-order valence-electron chi connectivity index (χ4n) is 2.49. The average molecular weight is 289 g/mol. The molecule has 1 fully saturated rings. The highest BCUT2D eigenvalue weighted by molar-refractivity contribution is 5.92. The normalized spacial score (nSPS) is 21.7. The van der Waals surface area contributed by atoms with E-state index in [0.717, 1.165) is 11.3 Å². The van der Waals surface area contributed by atoms with Crippen molar-refractivity contribution < 1.29 is 19.4 Å². The Balaban J connectivity index is 2.01. The molecular weight excluding hydrogens is 270 g/mol. The summed E-state index contributed by atoms with van der Waals surface area (Å²) in [5, 5.41) is 9.08. The van der Waals surface area contributed by atoms with Gasteiger partial charge in [0.2, 0.25) is 5.91 Å². The maximum atomic E-state index is 12.1. The fraction of sp³-hybridized carbons (Fsp3) is 0.375. The van der Waals surface area contributed by atoms with Gasteiger partial charge in [-0.1, -0.05) is 19.1 Å². The molecule has 0 spiro atoms. The Hall–Kier alpha value is -2.30. The number of benzene rings is 1. The molecule has 0 radical (unpaired) electrons. The molecule has 0 saturated carbocycles. The number of amides is 1. The number of rotatable bonds is 4. The van der Waals surface area contributed by atoms with E-state index in [-0.39, 0.29) is 18.4 Å². The van der Waals surface area contributed by atoms with Gasteiger partial charge < -0.3 is 14.7 Å². The van der Waals surface area contributed by atoms with Gasteiger partial charge in [-0.2, -0.15) is 0 Å². The number of carbonyl (C=O) groups is 2. The van der Waals surface area contributed by atoms with Crippen molar-refractivity contribution in [2.24, 2.45) is 11.8 Å². The predicted molar refractivity (Wildman–Crippen MR) is 78.9 cm³/mol. The second-order valence-corrected chi connectivity index (χ2v) is 5.28. The Bertz CT molecular complexity index is 567. The lowest BCUT2D eigenvalue weighted by molar-refractivity contribution is -0.142. The molecule has 1 aromatic rings. The largest absolute Gasteiger partial charge is 0.497 e. The zero-order valence-electron chi connectivity index (χ0n) is 12.2. The van der Waals surface area contributed by atoms with E-state index < -0.39 is 11.9 Å². The highest BCUT2D eigenvalue weighted by atomic mass is 16.5. The first-order valence-electron chi connectivity index (χ1n) is 6.85. The topological polar surface area (TPSA) is 66.8 Å². The molecule has 1 heterocycles. The lowest BCUT2D eigenvalue weighted by atomic mass is 9.99. The van der Waals surface area contributed by atoms with Crippen molar-refractivity contribution in [3.8, 4) is 5.75 Å². The lowest BCUT2D eigenvalue weighted by Crippen LogP contribution is -2.28. The molecule has 1 aliphatic rings. The van der Waals surface area contributed by atoms with Crippen LogP contribution < -0.4 is 4.74 Å². The van der Waals surface area contributed by atoms with Crippen molar-refractivity contribution >= 4 is 18.0 Å². The van der Waals surface area contributed by atoms with Gasteiger partial charge in [-0.05, 0) is 29.7 Å². The minimum absolute atomic E-state index is 0.0170. The maximum absolute atomic E-state index is 12.1. The van der Waals surface area contributed by atoms with E-state index in [9.17, 15) is 9.59 Å². The predicted octanol–water partition coefficient (Wildman–Crippen LogP) is 1.89. The first-order chi connectivity index (χ1) is 10.0. The van der Waals surface area contributed by atoms with Crippen LogP contribution in [-0.2, 0) is 9.59 Å². The quantitative estimate of drug-likeness (QED) is 0.860. The summed E-state index contributed by atoms with van der Waals surface area (Å²) in [5.74, 6) is -0.760. The van der Waals surface area contributed by atoms with E-state index in [2.05, 4.69) is 0 Å². The summed E-state index contributed by atoms with van der Waals surface area (Å²) in [5.41, 5.74) is 0.865. The van der Waals surface area contributed by atoms with Crippen LogP contribution in [0.1, 0.15) is 12.5 Å². The molecule has 5 heteroatoms. The van der Waals surface area contributed by atoms with Crippen molar-refractivity contribution in [3.05, 3.63) is 35.9 Å². The van der Waals surface area contributed by atoms with Crippen LogP contribution in [0.5, 0.6) is 5.75 Å². The number of nitrogens with zero attached hydrogens (tertiary/aromatic N) is 1. The van der Waals surface area contributed by atoms with Gasteiger partial charge in [0.05, 0.1) is 13.0 Å². The molecule has 1 aromatic carbocycles. The highest BCUT2D eigenvalue weighted by Gasteiger charge is 2.36. The summed E-state index contributed by atoms with van der Waals surface area (Å²) >= 11 is 0. The third kappa shape index (κ3) is 3.62. The Morgan fingerprint density at radius 1 is 1.38 bits per heavy atom. The number of hydrogen-bond donors (Lipinski definition) is 1. The van der Waals surface area contributed by atoms with Crippen molar-refractivity contribution in [3.63, 3.8) is 0 Å². The van der Waals surface area contributed by atoms with Crippen LogP contribution in [0, 0.1) is 11.8 Å². The SMILES string of the molecule is COc1cccc(C=CC(=O)N2CC(C)C(C(=O)O)C2)c1. The Morgan fingerprint density at radius 2 is 2.14 bits per heavy atom. The van der Waals surface area contributed by atoms with E-state index >= 15 is 0 Å². The van der Waals surface area contributed by atoms with Crippen LogP contribution in [0.15, 0.2) is 30.3 Å². The maximum Gasteiger partial charge on any atom is 0.308 e. The second-order valence-electron chi connectivity index (χ2n) is 5.28. The molecule has 112 valence electrons. The average Bonchev–Trinajstić information content (AvgIpc) is 2.87. The summed E-state index contributed by atoms with van der Waals surface area (Å²) < 4.78 is 5.12. The molecule has 1 saturated heterocycles. The number of carboxylic acids is 1. The van der Waals surface area contributed by atoms with Gasteiger partial charge in [0, 0.05) is 19.2 Å². The third-order valence-electron chi connectivity index (χ3n) is 3.75. The molecule has 2 unspecified atom stereocenters. The van der Waals surface area contributed by atoms with Gasteiger partial charge in [0.15, 0.2) is 0 Å². The minimum Gasteiger partial charge on any atom is -0.497 e. The Morgan fingerprint density at radius 3 is 2.76 bits per heavy atom. The van der Waals surface area contributed by atoms with Crippen LogP contribution in [0.3, 0.4) is 0 Å². The van der Waals surface area contributed by atoms with E-state index in [0.29, 0.717) is 6.54 Å². The van der Waals surface area contributed by atoms with Crippen LogP contribution in [0.4, 0.5) is 0 Å². The number of carbonyl (C=O) groups excluding carboxylic acids is 1. The van der Waals surface area contributed by atoms with Gasteiger partial charge in [-0.3, -0.25) is 9.59 Å². The smallest absolute Gasteiger partial charge is 0.308 e. The molecule has 1 N–H and O–H groups in total. The molecule has 21 heavy (non-hydrogen) atoms. The molecule has 2 rings (SSSR count). The zero-order valence-corrected chi connectivity index (χ0v) is 12.2. The minimum atomic E-state index is -0.838. The van der Waals surface area contributed by atoms with Gasteiger partial charge in [0.1, 0.15) is 5.75 Å². The number of methoxy groups -OCH3 is 1. The van der Waals surface area contributed by atoms with Gasteiger partial charge in [0.25, 0.3) is 0 Å². The molecule has 0 aliphatic carbocycles. The van der Waals surface area contributed by atoms with Crippen molar-refractivity contribution in [2.45, 2.75) is 6.92 Å². The zero-order chi connectivity index (χ0) is 15.4. The first kappa shape index (κ1) is 15.1. The van der Waals surface area contributed by atoms with Crippen molar-refractivity contribution in [1.29, 1.82) is 0 Å². The summed E-state index contributed by atoms with van der Waals surface area (Å²) in [7, 11) is 1.59. The van der Waals surface area contributed by atoms with E-state index in [1.807, 2.05) is 31.2 Å². The number of ether oxygens (including phenoxy) is 1. The Kier molecular flexibility index (Phi) is 4.62. The standard InChI is InChI=1S/C16H19NO4/c1-11-9-17(10-14(11)16(19)20)15(18)7-6-12-4-3-5-13(8-12)21-2/h3-8,11,14H,9-10H2,1-2H3,(H,19,20). The fourth-order valence-corrected chi connectivity index (χ4v) is 2.49. The number of carboxylic acid groups (broad SMARTS) is 1. The number of likely N-dealkylation sites (tertiary alicyclic amines) is 1. The van der Waals surface area contributed by atoms with Gasteiger partial charge in [-0.25, -0.2) is 0 Å². The first-order valence-corrected chi connectivity index (χ1v) is 6.85.